The Balaban J connectivity index is 1.25. The van der Waals surface area contributed by atoms with Crippen molar-refractivity contribution in [1.29, 1.82) is 0 Å². The minimum atomic E-state index is 0.107. The van der Waals surface area contributed by atoms with Gasteiger partial charge in [-0.3, -0.25) is 4.79 Å². The van der Waals surface area contributed by atoms with Gasteiger partial charge in [0.2, 0.25) is 5.91 Å². The average Bonchev–Trinajstić information content (AvgIpc) is 3.43. The number of amides is 1. The van der Waals surface area contributed by atoms with Crippen LogP contribution in [-0.4, -0.2) is 50.3 Å². The fourth-order valence-electron chi connectivity index (χ4n) is 4.64. The molecule has 5 rings (SSSR count). The summed E-state index contributed by atoms with van der Waals surface area (Å²) in [5.74, 6) is 1.35. The third-order valence-corrected chi connectivity index (χ3v) is 6.31. The lowest BCUT2D eigenvalue weighted by atomic mass is 9.94. The van der Waals surface area contributed by atoms with E-state index in [0.717, 1.165) is 56.8 Å². The molecule has 1 unspecified atom stereocenters. The Morgan fingerprint density at radius 2 is 1.79 bits per heavy atom. The Labute approximate surface area is 170 Å². The van der Waals surface area contributed by atoms with Gasteiger partial charge in [-0.15, -0.1) is 15.3 Å². The summed E-state index contributed by atoms with van der Waals surface area (Å²) in [5.41, 5.74) is 3.27. The summed E-state index contributed by atoms with van der Waals surface area (Å²) in [5, 5.41) is 12.5. The second kappa shape index (κ2) is 7.46. The van der Waals surface area contributed by atoms with Gasteiger partial charge in [-0.1, -0.05) is 29.8 Å². The predicted molar refractivity (Wildman–Crippen MR) is 111 cm³/mol. The maximum Gasteiger partial charge on any atom is 0.226 e. The van der Waals surface area contributed by atoms with Gasteiger partial charge in [0.05, 0.1) is 6.04 Å². The number of likely N-dealkylation sites (tertiary alicyclic amines) is 1. The molecule has 0 aliphatic carbocycles. The zero-order valence-electron chi connectivity index (χ0n) is 16.7. The Morgan fingerprint density at radius 1 is 1.00 bits per heavy atom. The molecule has 0 spiro atoms. The maximum absolute atomic E-state index is 13.3. The predicted octanol–water partition coefficient (Wildman–Crippen LogP) is 3.01. The molecule has 7 heteroatoms. The molecular formula is C22H26N6O. The van der Waals surface area contributed by atoms with Gasteiger partial charge >= 0.3 is 0 Å². The maximum atomic E-state index is 13.3. The molecule has 29 heavy (non-hydrogen) atoms. The molecule has 4 heterocycles. The molecule has 1 amide bonds. The number of carbonyl (C=O) groups excluding carboxylic acids is 1. The van der Waals surface area contributed by atoms with E-state index in [1.807, 2.05) is 12.1 Å². The largest absolute Gasteiger partial charge is 0.355 e. The number of hydrogen-bond donors (Lipinski definition) is 0. The third-order valence-electron chi connectivity index (χ3n) is 6.31. The number of carbonyl (C=O) groups is 1. The second-order valence-corrected chi connectivity index (χ2v) is 8.19. The average molecular weight is 390 g/mol. The summed E-state index contributed by atoms with van der Waals surface area (Å²) in [4.78, 5) is 17.7. The molecular weight excluding hydrogens is 364 g/mol. The van der Waals surface area contributed by atoms with Gasteiger partial charge in [-0.25, -0.2) is 0 Å². The highest BCUT2D eigenvalue weighted by Gasteiger charge is 2.35. The molecule has 3 aromatic rings. The molecule has 7 nitrogen and oxygen atoms in total. The fourth-order valence-corrected chi connectivity index (χ4v) is 4.64. The molecule has 0 bridgehead atoms. The highest BCUT2D eigenvalue weighted by molar-refractivity contribution is 5.80. The van der Waals surface area contributed by atoms with E-state index in [9.17, 15) is 4.79 Å². The number of fused-ring (bicyclic) bond motifs is 1. The van der Waals surface area contributed by atoms with Crippen LogP contribution in [0.25, 0.3) is 5.65 Å². The molecule has 2 aromatic heterocycles. The lowest BCUT2D eigenvalue weighted by Crippen LogP contribution is -2.42. The van der Waals surface area contributed by atoms with Crippen molar-refractivity contribution >= 4 is 17.4 Å². The van der Waals surface area contributed by atoms with Crippen LogP contribution in [0.5, 0.6) is 0 Å². The normalized spacial score (nSPS) is 20.5. The molecule has 0 saturated carbocycles. The van der Waals surface area contributed by atoms with Crippen LogP contribution < -0.4 is 4.90 Å². The molecule has 2 saturated heterocycles. The summed E-state index contributed by atoms with van der Waals surface area (Å²) < 4.78 is 1.70. The number of rotatable bonds is 3. The zero-order valence-corrected chi connectivity index (χ0v) is 16.7. The minimum Gasteiger partial charge on any atom is -0.355 e. The van der Waals surface area contributed by atoms with E-state index in [1.54, 1.807) is 10.8 Å². The lowest BCUT2D eigenvalue weighted by Gasteiger charge is -2.35. The van der Waals surface area contributed by atoms with Crippen LogP contribution >= 0.6 is 0 Å². The van der Waals surface area contributed by atoms with Gasteiger partial charge in [-0.05, 0) is 50.3 Å². The summed E-state index contributed by atoms with van der Waals surface area (Å²) in [6, 6.07) is 12.8. The van der Waals surface area contributed by atoms with E-state index < -0.39 is 0 Å². The molecule has 2 fully saturated rings. The van der Waals surface area contributed by atoms with Crippen molar-refractivity contribution in [2.75, 3.05) is 24.5 Å². The van der Waals surface area contributed by atoms with Crippen LogP contribution in [0.15, 0.2) is 42.7 Å². The Morgan fingerprint density at radius 3 is 2.59 bits per heavy atom. The number of nitrogens with zero attached hydrogens (tertiary/aromatic N) is 6. The molecule has 2 aliphatic heterocycles. The minimum absolute atomic E-state index is 0.107. The molecule has 150 valence electrons. The van der Waals surface area contributed by atoms with E-state index in [1.165, 1.54) is 11.1 Å². The van der Waals surface area contributed by atoms with Crippen molar-refractivity contribution in [2.45, 2.75) is 38.6 Å². The first-order chi connectivity index (χ1) is 14.2. The number of hydrogen-bond acceptors (Lipinski definition) is 5. The van der Waals surface area contributed by atoms with E-state index in [0.29, 0.717) is 5.91 Å². The van der Waals surface area contributed by atoms with Gasteiger partial charge in [-0.2, -0.15) is 4.52 Å². The highest BCUT2D eigenvalue weighted by Crippen LogP contribution is 2.35. The van der Waals surface area contributed by atoms with Crippen LogP contribution in [-0.2, 0) is 4.79 Å². The summed E-state index contributed by atoms with van der Waals surface area (Å²) in [6.45, 7) is 4.68. The SMILES string of the molecule is Cc1ccc(C2CCCN2C(=O)C2CCN(c3ccc4nncn4n3)CC2)cc1. The number of piperidine rings is 1. The van der Waals surface area contributed by atoms with Crippen LogP contribution in [0.2, 0.25) is 0 Å². The standard InChI is InChI=1S/C22H26N6O/c1-16-4-6-17(7-5-16)19-3-2-12-27(19)22(29)18-10-13-26(14-11-18)21-9-8-20-24-23-15-28(20)25-21/h4-9,15,18-19H,2-3,10-14H2,1H3. The van der Waals surface area contributed by atoms with Crippen molar-refractivity contribution in [2.24, 2.45) is 5.92 Å². The first-order valence-electron chi connectivity index (χ1n) is 10.5. The molecule has 2 aliphatic rings. The van der Waals surface area contributed by atoms with Crippen molar-refractivity contribution in [3.8, 4) is 0 Å². The molecule has 0 radical (unpaired) electrons. The third kappa shape index (κ3) is 3.45. The number of aryl methyl sites for hydroxylation is 1. The quantitative estimate of drug-likeness (QED) is 0.688. The van der Waals surface area contributed by atoms with Crippen molar-refractivity contribution < 1.29 is 4.79 Å². The first-order valence-corrected chi connectivity index (χ1v) is 10.5. The topological polar surface area (TPSA) is 66.6 Å². The van der Waals surface area contributed by atoms with Crippen LogP contribution in [0, 0.1) is 12.8 Å². The van der Waals surface area contributed by atoms with Gasteiger partial charge in [0.25, 0.3) is 0 Å². The summed E-state index contributed by atoms with van der Waals surface area (Å²) in [6.07, 6.45) is 5.52. The fraction of sp³-hybridized carbons (Fsp3) is 0.455. The number of anilines is 1. The van der Waals surface area contributed by atoms with Gasteiger partial charge in [0.15, 0.2) is 5.65 Å². The van der Waals surface area contributed by atoms with Crippen molar-refractivity contribution in [1.82, 2.24) is 24.7 Å². The van der Waals surface area contributed by atoms with Crippen LogP contribution in [0.4, 0.5) is 5.82 Å². The molecule has 0 N–H and O–H groups in total. The van der Waals surface area contributed by atoms with E-state index >= 15 is 0 Å². The van der Waals surface area contributed by atoms with Crippen LogP contribution in [0.3, 0.4) is 0 Å². The van der Waals surface area contributed by atoms with Gasteiger partial charge < -0.3 is 9.80 Å². The lowest BCUT2D eigenvalue weighted by molar-refractivity contribution is -0.137. The number of aromatic nitrogens is 4. The Bertz CT molecular complexity index is 1010. The van der Waals surface area contributed by atoms with E-state index in [-0.39, 0.29) is 12.0 Å². The monoisotopic (exact) mass is 390 g/mol. The molecule has 1 atom stereocenters. The van der Waals surface area contributed by atoms with E-state index in [2.05, 4.69) is 56.3 Å². The second-order valence-electron chi connectivity index (χ2n) is 8.19. The summed E-state index contributed by atoms with van der Waals surface area (Å²) >= 11 is 0. The van der Waals surface area contributed by atoms with Crippen molar-refractivity contribution in [3.05, 3.63) is 53.9 Å². The van der Waals surface area contributed by atoms with Gasteiger partial charge in [0.1, 0.15) is 12.1 Å². The summed E-state index contributed by atoms with van der Waals surface area (Å²) in [7, 11) is 0. The smallest absolute Gasteiger partial charge is 0.226 e. The Kier molecular flexibility index (Phi) is 4.66. The Hall–Kier alpha value is -2.96. The van der Waals surface area contributed by atoms with Crippen LogP contribution in [0.1, 0.15) is 42.9 Å². The van der Waals surface area contributed by atoms with Gasteiger partial charge in [0, 0.05) is 25.6 Å². The number of benzene rings is 1. The van der Waals surface area contributed by atoms with E-state index in [4.69, 9.17) is 0 Å². The zero-order chi connectivity index (χ0) is 19.8. The molecule has 1 aromatic carbocycles. The highest BCUT2D eigenvalue weighted by atomic mass is 16.2. The van der Waals surface area contributed by atoms with Crippen molar-refractivity contribution in [3.63, 3.8) is 0 Å². The first kappa shape index (κ1) is 18.1.